The van der Waals surface area contributed by atoms with Crippen LogP contribution < -0.4 is 10.6 Å². The van der Waals surface area contributed by atoms with E-state index in [0.29, 0.717) is 22.9 Å². The lowest BCUT2D eigenvalue weighted by molar-refractivity contribution is 0.101. The second kappa shape index (κ2) is 7.31. The summed E-state index contributed by atoms with van der Waals surface area (Å²) in [5.74, 6) is 0.287. The number of nitrogens with one attached hydrogen (secondary N) is 2. The van der Waals surface area contributed by atoms with Crippen LogP contribution in [0.5, 0.6) is 0 Å². The number of amides is 2. The van der Waals surface area contributed by atoms with Crippen molar-refractivity contribution >= 4 is 23.3 Å². The number of pyridine rings is 1. The zero-order chi connectivity index (χ0) is 17.6. The lowest BCUT2D eigenvalue weighted by Crippen LogP contribution is -2.16. The second-order valence-corrected chi connectivity index (χ2v) is 5.19. The molecule has 0 aliphatic heterocycles. The predicted molar refractivity (Wildman–Crippen MR) is 93.4 cm³/mol. The molecule has 0 unspecified atom stereocenters. The number of carbonyl (C=O) groups is 2. The van der Waals surface area contributed by atoms with Gasteiger partial charge in [-0.3, -0.25) is 9.59 Å². The molecule has 0 bridgehead atoms. The summed E-state index contributed by atoms with van der Waals surface area (Å²) in [6, 6.07) is 13.4. The Bertz CT molecular complexity index is 912. The first-order valence-corrected chi connectivity index (χ1v) is 7.55. The van der Waals surface area contributed by atoms with Crippen molar-refractivity contribution in [3.8, 4) is 0 Å². The van der Waals surface area contributed by atoms with Crippen molar-refractivity contribution in [1.29, 1.82) is 0 Å². The van der Waals surface area contributed by atoms with Crippen molar-refractivity contribution < 1.29 is 9.59 Å². The van der Waals surface area contributed by atoms with Crippen LogP contribution in [0.25, 0.3) is 0 Å². The van der Waals surface area contributed by atoms with Gasteiger partial charge in [-0.25, -0.2) is 15.0 Å². The summed E-state index contributed by atoms with van der Waals surface area (Å²) < 4.78 is 0. The monoisotopic (exact) mass is 333 g/mol. The van der Waals surface area contributed by atoms with Gasteiger partial charge in [0.25, 0.3) is 11.8 Å². The molecule has 7 heteroatoms. The molecule has 0 saturated carbocycles. The van der Waals surface area contributed by atoms with Gasteiger partial charge in [-0.05, 0) is 43.3 Å². The summed E-state index contributed by atoms with van der Waals surface area (Å²) in [4.78, 5) is 36.6. The number of benzene rings is 1. The minimum absolute atomic E-state index is 0.260. The molecule has 0 atom stereocenters. The van der Waals surface area contributed by atoms with Gasteiger partial charge in [0.1, 0.15) is 17.3 Å². The van der Waals surface area contributed by atoms with Crippen LogP contribution in [0.3, 0.4) is 0 Å². The molecule has 0 spiro atoms. The third-order valence-corrected chi connectivity index (χ3v) is 3.30. The van der Waals surface area contributed by atoms with E-state index in [4.69, 9.17) is 0 Å². The number of rotatable bonds is 4. The van der Waals surface area contributed by atoms with E-state index >= 15 is 0 Å². The van der Waals surface area contributed by atoms with Crippen molar-refractivity contribution in [2.75, 3.05) is 10.6 Å². The first kappa shape index (κ1) is 16.3. The maximum atomic E-state index is 12.3. The predicted octanol–water partition coefficient (Wildman–Crippen LogP) is 2.68. The van der Waals surface area contributed by atoms with Crippen LogP contribution in [0.15, 0.2) is 60.9 Å². The number of hydrogen-bond donors (Lipinski definition) is 2. The zero-order valence-corrected chi connectivity index (χ0v) is 13.4. The zero-order valence-electron chi connectivity index (χ0n) is 13.4. The Hall–Kier alpha value is -3.61. The molecule has 3 rings (SSSR count). The van der Waals surface area contributed by atoms with Crippen LogP contribution in [0.2, 0.25) is 0 Å². The van der Waals surface area contributed by atoms with Gasteiger partial charge >= 0.3 is 0 Å². The summed E-state index contributed by atoms with van der Waals surface area (Å²) in [6.07, 6.45) is 3.12. The van der Waals surface area contributed by atoms with E-state index in [1.165, 1.54) is 12.3 Å². The van der Waals surface area contributed by atoms with Crippen LogP contribution in [-0.4, -0.2) is 26.8 Å². The maximum Gasteiger partial charge on any atom is 0.274 e. The van der Waals surface area contributed by atoms with Crippen molar-refractivity contribution in [1.82, 2.24) is 15.0 Å². The van der Waals surface area contributed by atoms with Crippen LogP contribution in [0.4, 0.5) is 11.5 Å². The van der Waals surface area contributed by atoms with Gasteiger partial charge in [-0.1, -0.05) is 12.1 Å². The molecule has 0 fully saturated rings. The maximum absolute atomic E-state index is 12.3. The lowest BCUT2D eigenvalue weighted by Gasteiger charge is -2.08. The largest absolute Gasteiger partial charge is 0.321 e. The molecule has 0 radical (unpaired) electrons. The fourth-order valence-corrected chi connectivity index (χ4v) is 2.14. The van der Waals surface area contributed by atoms with Crippen molar-refractivity contribution in [3.63, 3.8) is 0 Å². The summed E-state index contributed by atoms with van der Waals surface area (Å²) in [5.41, 5.74) is 1.16. The number of aromatic nitrogens is 3. The van der Waals surface area contributed by atoms with Crippen molar-refractivity contribution in [2.45, 2.75) is 6.92 Å². The van der Waals surface area contributed by atoms with E-state index in [-0.39, 0.29) is 17.5 Å². The average molecular weight is 333 g/mol. The Kier molecular flexibility index (Phi) is 4.75. The Labute approximate surface area is 144 Å². The van der Waals surface area contributed by atoms with Crippen LogP contribution in [-0.2, 0) is 0 Å². The summed E-state index contributed by atoms with van der Waals surface area (Å²) in [6.45, 7) is 1.71. The SMILES string of the molecule is Cc1nccc(C(=O)Nc2cccc(C(=O)Nc3ccccn3)c2)n1. The van der Waals surface area contributed by atoms with Gasteiger partial charge in [0.2, 0.25) is 0 Å². The topological polar surface area (TPSA) is 96.9 Å². The van der Waals surface area contributed by atoms with Gasteiger partial charge in [0, 0.05) is 23.6 Å². The molecule has 3 aromatic rings. The molecular formula is C18H15N5O2. The van der Waals surface area contributed by atoms with Crippen LogP contribution >= 0.6 is 0 Å². The Balaban J connectivity index is 1.73. The van der Waals surface area contributed by atoms with Crippen LogP contribution in [0, 0.1) is 6.92 Å². The van der Waals surface area contributed by atoms with Gasteiger partial charge in [-0.15, -0.1) is 0 Å². The quantitative estimate of drug-likeness (QED) is 0.765. The molecular weight excluding hydrogens is 318 g/mol. The number of nitrogens with zero attached hydrogens (tertiary/aromatic N) is 3. The smallest absolute Gasteiger partial charge is 0.274 e. The van der Waals surface area contributed by atoms with E-state index in [1.807, 2.05) is 0 Å². The van der Waals surface area contributed by atoms with Crippen molar-refractivity contribution in [3.05, 3.63) is 78.0 Å². The lowest BCUT2D eigenvalue weighted by atomic mass is 10.2. The van der Waals surface area contributed by atoms with Crippen LogP contribution in [0.1, 0.15) is 26.7 Å². The minimum Gasteiger partial charge on any atom is -0.321 e. The fraction of sp³-hybridized carbons (Fsp3) is 0.0556. The first-order valence-electron chi connectivity index (χ1n) is 7.55. The molecule has 1 aromatic carbocycles. The summed E-state index contributed by atoms with van der Waals surface area (Å²) in [5, 5.41) is 5.41. The standard InChI is InChI=1S/C18H15N5O2/c1-12-19-10-8-15(21-12)18(25)22-14-6-4-5-13(11-14)17(24)23-16-7-2-3-9-20-16/h2-11H,1H3,(H,22,25)(H,20,23,24). The van der Waals surface area contributed by atoms with Gasteiger partial charge in [0.05, 0.1) is 0 Å². The highest BCUT2D eigenvalue weighted by atomic mass is 16.2. The van der Waals surface area contributed by atoms with Gasteiger partial charge in [0.15, 0.2) is 0 Å². The third-order valence-electron chi connectivity index (χ3n) is 3.30. The Morgan fingerprint density at radius 1 is 0.880 bits per heavy atom. The van der Waals surface area contributed by atoms with Gasteiger partial charge < -0.3 is 10.6 Å². The molecule has 124 valence electrons. The molecule has 2 aromatic heterocycles. The number of aryl methyl sites for hydroxylation is 1. The average Bonchev–Trinajstić information content (AvgIpc) is 2.63. The summed E-state index contributed by atoms with van der Waals surface area (Å²) in [7, 11) is 0. The Morgan fingerprint density at radius 2 is 1.76 bits per heavy atom. The molecule has 25 heavy (non-hydrogen) atoms. The molecule has 2 amide bonds. The molecule has 0 aliphatic carbocycles. The number of hydrogen-bond acceptors (Lipinski definition) is 5. The van der Waals surface area contributed by atoms with E-state index in [2.05, 4.69) is 25.6 Å². The van der Waals surface area contributed by atoms with E-state index in [1.54, 1.807) is 55.6 Å². The summed E-state index contributed by atoms with van der Waals surface area (Å²) >= 11 is 0. The van der Waals surface area contributed by atoms with Crippen molar-refractivity contribution in [2.24, 2.45) is 0 Å². The normalized spacial score (nSPS) is 10.1. The van der Waals surface area contributed by atoms with E-state index in [9.17, 15) is 9.59 Å². The first-order chi connectivity index (χ1) is 12.1. The highest BCUT2D eigenvalue weighted by Crippen LogP contribution is 2.13. The number of anilines is 2. The second-order valence-electron chi connectivity index (χ2n) is 5.19. The molecule has 0 aliphatic rings. The molecule has 2 heterocycles. The van der Waals surface area contributed by atoms with E-state index < -0.39 is 0 Å². The Morgan fingerprint density at radius 3 is 2.52 bits per heavy atom. The minimum atomic E-state index is -0.368. The molecule has 0 saturated heterocycles. The van der Waals surface area contributed by atoms with E-state index in [0.717, 1.165) is 0 Å². The molecule has 2 N–H and O–H groups in total. The third kappa shape index (κ3) is 4.23. The van der Waals surface area contributed by atoms with Gasteiger partial charge in [-0.2, -0.15) is 0 Å². The molecule has 7 nitrogen and oxygen atoms in total. The fourth-order valence-electron chi connectivity index (χ4n) is 2.14. The number of carbonyl (C=O) groups excluding carboxylic acids is 2. The highest BCUT2D eigenvalue weighted by molar-refractivity contribution is 6.06. The highest BCUT2D eigenvalue weighted by Gasteiger charge is 2.11.